The van der Waals surface area contributed by atoms with Gasteiger partial charge < -0.3 is 0 Å². The lowest BCUT2D eigenvalue weighted by molar-refractivity contribution is 0.102. The number of unbranched alkanes of at least 4 members (excludes halogenated alkanes) is 1. The van der Waals surface area contributed by atoms with E-state index in [4.69, 9.17) is 0 Å². The van der Waals surface area contributed by atoms with Crippen molar-refractivity contribution in [1.82, 2.24) is 14.8 Å². The predicted octanol–water partition coefficient (Wildman–Crippen LogP) is 4.68. The number of anilines is 1. The molecular formula is C22H22N4O2S. The number of aryl methyl sites for hydroxylation is 3. The number of thiazole rings is 1. The number of carbonyl (C=O) groups excluding carboxylic acids is 1. The topological polar surface area (TPSA) is 76.9 Å². The van der Waals surface area contributed by atoms with Gasteiger partial charge in [0, 0.05) is 11.9 Å². The fourth-order valence-electron chi connectivity index (χ4n) is 3.44. The predicted molar refractivity (Wildman–Crippen MR) is 118 cm³/mol. The number of rotatable bonds is 5. The molecule has 0 unspecified atom stereocenters. The van der Waals surface area contributed by atoms with E-state index in [1.165, 1.54) is 16.0 Å². The highest BCUT2D eigenvalue weighted by atomic mass is 32.1. The first-order chi connectivity index (χ1) is 14.0. The van der Waals surface area contributed by atoms with Crippen molar-refractivity contribution >= 4 is 43.4 Å². The average Bonchev–Trinajstić information content (AvgIpc) is 3.10. The van der Waals surface area contributed by atoms with Gasteiger partial charge in [0.15, 0.2) is 10.8 Å². The Morgan fingerprint density at radius 3 is 2.69 bits per heavy atom. The van der Waals surface area contributed by atoms with Crippen molar-refractivity contribution in [1.29, 1.82) is 0 Å². The van der Waals surface area contributed by atoms with E-state index in [0.717, 1.165) is 34.2 Å². The number of amides is 1. The maximum Gasteiger partial charge on any atom is 0.278 e. The Balaban J connectivity index is 1.76. The second-order valence-corrected chi connectivity index (χ2v) is 8.21. The third-order valence-electron chi connectivity index (χ3n) is 4.86. The van der Waals surface area contributed by atoms with Crippen LogP contribution >= 0.6 is 11.3 Å². The van der Waals surface area contributed by atoms with Gasteiger partial charge in [-0.2, -0.15) is 5.10 Å². The van der Waals surface area contributed by atoms with E-state index in [2.05, 4.69) is 34.5 Å². The first-order valence-electron chi connectivity index (χ1n) is 9.67. The van der Waals surface area contributed by atoms with Gasteiger partial charge in [0.2, 0.25) is 0 Å². The Kier molecular flexibility index (Phi) is 5.15. The Bertz CT molecular complexity index is 1290. The number of carbonyl (C=O) groups is 1. The SMILES string of the molecule is CCCCn1nc(C(=O)Nc2nc3c(C)cc(C)cc3s2)c2ccccc2c1=O. The van der Waals surface area contributed by atoms with E-state index in [0.29, 0.717) is 22.4 Å². The molecule has 4 rings (SSSR count). The van der Waals surface area contributed by atoms with Crippen molar-refractivity contribution in [3.05, 3.63) is 63.6 Å². The van der Waals surface area contributed by atoms with Crippen molar-refractivity contribution in [3.8, 4) is 0 Å². The number of hydrogen-bond donors (Lipinski definition) is 1. The van der Waals surface area contributed by atoms with Crippen LogP contribution in [0, 0.1) is 13.8 Å². The minimum Gasteiger partial charge on any atom is -0.296 e. The molecule has 0 fully saturated rings. The molecule has 0 spiro atoms. The summed E-state index contributed by atoms with van der Waals surface area (Å²) in [5.41, 5.74) is 3.20. The first kappa shape index (κ1) is 19.3. The molecule has 29 heavy (non-hydrogen) atoms. The molecule has 4 aromatic rings. The highest BCUT2D eigenvalue weighted by Crippen LogP contribution is 2.29. The molecule has 0 radical (unpaired) electrons. The maximum absolute atomic E-state index is 13.1. The quantitative estimate of drug-likeness (QED) is 0.522. The highest BCUT2D eigenvalue weighted by Gasteiger charge is 2.18. The number of nitrogens with one attached hydrogen (secondary N) is 1. The van der Waals surface area contributed by atoms with Crippen molar-refractivity contribution in [2.45, 2.75) is 40.2 Å². The van der Waals surface area contributed by atoms with Crippen LogP contribution in [-0.4, -0.2) is 20.7 Å². The molecule has 0 aliphatic rings. The number of aromatic nitrogens is 3. The Hall–Kier alpha value is -3.06. The molecule has 0 aliphatic heterocycles. The van der Waals surface area contributed by atoms with Gasteiger partial charge in [-0.05, 0) is 43.5 Å². The summed E-state index contributed by atoms with van der Waals surface area (Å²) in [6.07, 6.45) is 1.76. The molecule has 7 heteroatoms. The molecule has 1 amide bonds. The van der Waals surface area contributed by atoms with Crippen LogP contribution in [0.2, 0.25) is 0 Å². The lowest BCUT2D eigenvalue weighted by atomic mass is 10.1. The molecule has 2 aromatic carbocycles. The highest BCUT2D eigenvalue weighted by molar-refractivity contribution is 7.22. The molecule has 0 atom stereocenters. The van der Waals surface area contributed by atoms with Crippen LogP contribution in [0.25, 0.3) is 21.0 Å². The smallest absolute Gasteiger partial charge is 0.278 e. The minimum atomic E-state index is -0.361. The van der Waals surface area contributed by atoms with E-state index in [9.17, 15) is 9.59 Å². The van der Waals surface area contributed by atoms with E-state index in [1.54, 1.807) is 24.3 Å². The number of nitrogens with zero attached hydrogens (tertiary/aromatic N) is 3. The lowest BCUT2D eigenvalue weighted by Crippen LogP contribution is -2.27. The summed E-state index contributed by atoms with van der Waals surface area (Å²) in [4.78, 5) is 30.4. The molecular weight excluding hydrogens is 384 g/mol. The van der Waals surface area contributed by atoms with Gasteiger partial charge in [0.25, 0.3) is 11.5 Å². The van der Waals surface area contributed by atoms with E-state index in [1.807, 2.05) is 13.8 Å². The Morgan fingerprint density at radius 2 is 1.93 bits per heavy atom. The zero-order chi connectivity index (χ0) is 20.5. The van der Waals surface area contributed by atoms with Gasteiger partial charge in [-0.1, -0.05) is 48.9 Å². The number of fused-ring (bicyclic) bond motifs is 2. The lowest BCUT2D eigenvalue weighted by Gasteiger charge is -2.10. The molecule has 2 aromatic heterocycles. The molecule has 0 aliphatic carbocycles. The second-order valence-electron chi connectivity index (χ2n) is 7.18. The maximum atomic E-state index is 13.1. The largest absolute Gasteiger partial charge is 0.296 e. The zero-order valence-electron chi connectivity index (χ0n) is 16.7. The van der Waals surface area contributed by atoms with Gasteiger partial charge in [-0.3, -0.25) is 14.9 Å². The van der Waals surface area contributed by atoms with Gasteiger partial charge >= 0.3 is 0 Å². The molecule has 148 valence electrons. The number of hydrogen-bond acceptors (Lipinski definition) is 5. The van der Waals surface area contributed by atoms with E-state index in [-0.39, 0.29) is 17.2 Å². The average molecular weight is 407 g/mol. The zero-order valence-corrected chi connectivity index (χ0v) is 17.5. The van der Waals surface area contributed by atoms with Gasteiger partial charge in [0.05, 0.1) is 15.6 Å². The summed E-state index contributed by atoms with van der Waals surface area (Å²) in [6.45, 7) is 6.59. The van der Waals surface area contributed by atoms with Gasteiger partial charge in [-0.15, -0.1) is 0 Å². The van der Waals surface area contributed by atoms with Gasteiger partial charge in [-0.25, -0.2) is 9.67 Å². The summed E-state index contributed by atoms with van der Waals surface area (Å²) < 4.78 is 2.43. The standard InChI is InChI=1S/C22H22N4O2S/c1-4-5-10-26-21(28)16-9-7-6-8-15(16)19(25-26)20(27)24-22-23-18-14(3)11-13(2)12-17(18)29-22/h6-9,11-12H,4-5,10H2,1-3H3,(H,23,24,27). The Labute approximate surface area is 172 Å². The molecule has 0 saturated heterocycles. The van der Waals surface area contributed by atoms with Crippen molar-refractivity contribution < 1.29 is 4.79 Å². The molecule has 2 heterocycles. The second kappa shape index (κ2) is 7.75. The van der Waals surface area contributed by atoms with Crippen LogP contribution in [0.4, 0.5) is 5.13 Å². The van der Waals surface area contributed by atoms with Crippen LogP contribution in [-0.2, 0) is 6.54 Å². The summed E-state index contributed by atoms with van der Waals surface area (Å²) >= 11 is 1.44. The summed E-state index contributed by atoms with van der Waals surface area (Å²) in [6, 6.07) is 11.2. The van der Waals surface area contributed by atoms with Gasteiger partial charge in [0.1, 0.15) is 0 Å². The molecule has 1 N–H and O–H groups in total. The third kappa shape index (κ3) is 3.65. The van der Waals surface area contributed by atoms with Crippen LogP contribution in [0.3, 0.4) is 0 Å². The van der Waals surface area contributed by atoms with Crippen LogP contribution in [0.15, 0.2) is 41.2 Å². The third-order valence-corrected chi connectivity index (χ3v) is 5.77. The Morgan fingerprint density at radius 1 is 1.17 bits per heavy atom. The summed E-state index contributed by atoms with van der Waals surface area (Å²) in [7, 11) is 0. The molecule has 0 bridgehead atoms. The monoisotopic (exact) mass is 406 g/mol. The van der Waals surface area contributed by atoms with E-state index < -0.39 is 0 Å². The van der Waals surface area contributed by atoms with Crippen molar-refractivity contribution in [3.63, 3.8) is 0 Å². The van der Waals surface area contributed by atoms with Crippen molar-refractivity contribution in [2.75, 3.05) is 5.32 Å². The fourth-order valence-corrected chi connectivity index (χ4v) is 4.48. The van der Waals surface area contributed by atoms with E-state index >= 15 is 0 Å². The minimum absolute atomic E-state index is 0.170. The normalized spacial score (nSPS) is 11.3. The van der Waals surface area contributed by atoms with Crippen molar-refractivity contribution in [2.24, 2.45) is 0 Å². The summed E-state index contributed by atoms with van der Waals surface area (Å²) in [5, 5.41) is 8.84. The fraction of sp³-hybridized carbons (Fsp3) is 0.273. The van der Waals surface area contributed by atoms with Crippen LogP contribution in [0.1, 0.15) is 41.4 Å². The number of benzene rings is 2. The summed E-state index contributed by atoms with van der Waals surface area (Å²) in [5.74, 6) is -0.361. The van der Waals surface area contributed by atoms with Crippen LogP contribution in [0.5, 0.6) is 0 Å². The first-order valence-corrected chi connectivity index (χ1v) is 10.5. The molecule has 0 saturated carbocycles. The van der Waals surface area contributed by atoms with Crippen LogP contribution < -0.4 is 10.9 Å². The molecule has 6 nitrogen and oxygen atoms in total.